The molecule has 3 unspecified atom stereocenters. The van der Waals surface area contributed by atoms with Gasteiger partial charge in [0.15, 0.2) is 0 Å². The first kappa shape index (κ1) is 11.5. The summed E-state index contributed by atoms with van der Waals surface area (Å²) >= 11 is 0. The first-order valence-corrected chi connectivity index (χ1v) is 5.14. The number of carbonyl (C=O) groups excluding carboxylic acids is 1. The summed E-state index contributed by atoms with van der Waals surface area (Å²) < 4.78 is 0. The van der Waals surface area contributed by atoms with Gasteiger partial charge in [-0.1, -0.05) is 6.92 Å². The molecule has 3 atom stereocenters. The van der Waals surface area contributed by atoms with Crippen LogP contribution in [0.25, 0.3) is 0 Å². The van der Waals surface area contributed by atoms with Crippen molar-refractivity contribution in [1.82, 2.24) is 9.80 Å². The molecule has 2 N–H and O–H groups in total. The Morgan fingerprint density at radius 1 is 1.50 bits per heavy atom. The van der Waals surface area contributed by atoms with Gasteiger partial charge in [0.25, 0.3) is 0 Å². The van der Waals surface area contributed by atoms with Crippen molar-refractivity contribution in [2.24, 2.45) is 11.7 Å². The van der Waals surface area contributed by atoms with Gasteiger partial charge in [-0.2, -0.15) is 0 Å². The molecule has 0 saturated carbocycles. The number of likely N-dealkylation sites (N-methyl/N-ethyl adjacent to an activating group) is 1. The predicted molar refractivity (Wildman–Crippen MR) is 56.9 cm³/mol. The largest absolute Gasteiger partial charge is 0.347 e. The maximum atomic E-state index is 11.7. The summed E-state index contributed by atoms with van der Waals surface area (Å²) in [7, 11) is 3.58. The highest BCUT2D eigenvalue weighted by atomic mass is 16.2. The lowest BCUT2D eigenvalue weighted by atomic mass is 10.1. The van der Waals surface area contributed by atoms with Gasteiger partial charge >= 0.3 is 0 Å². The van der Waals surface area contributed by atoms with Gasteiger partial charge < -0.3 is 10.6 Å². The van der Waals surface area contributed by atoms with Crippen molar-refractivity contribution in [1.29, 1.82) is 0 Å². The summed E-state index contributed by atoms with van der Waals surface area (Å²) in [5.74, 6) is 0.652. The van der Waals surface area contributed by atoms with Crippen molar-refractivity contribution in [3.8, 4) is 0 Å². The minimum absolute atomic E-state index is 0.0407. The number of hydrogen-bond donors (Lipinski definition) is 1. The molecule has 1 heterocycles. The van der Waals surface area contributed by atoms with Crippen LogP contribution in [0.5, 0.6) is 0 Å². The standard InChI is InChI=1S/C10H21N3O/c1-7-5-13(6-9(7)11)8(2)10(14)12(3)4/h7-9H,5-6,11H2,1-4H3. The summed E-state index contributed by atoms with van der Waals surface area (Å²) in [4.78, 5) is 15.5. The minimum Gasteiger partial charge on any atom is -0.347 e. The van der Waals surface area contributed by atoms with Crippen molar-refractivity contribution < 1.29 is 4.79 Å². The van der Waals surface area contributed by atoms with Crippen LogP contribution in [0.4, 0.5) is 0 Å². The zero-order chi connectivity index (χ0) is 10.9. The minimum atomic E-state index is -0.0407. The molecule has 82 valence electrons. The number of nitrogens with zero attached hydrogens (tertiary/aromatic N) is 2. The van der Waals surface area contributed by atoms with Crippen molar-refractivity contribution in [2.45, 2.75) is 25.9 Å². The van der Waals surface area contributed by atoms with Crippen molar-refractivity contribution in [3.63, 3.8) is 0 Å². The van der Waals surface area contributed by atoms with E-state index in [4.69, 9.17) is 5.73 Å². The molecule has 4 nitrogen and oxygen atoms in total. The third-order valence-electron chi connectivity index (χ3n) is 3.04. The summed E-state index contributed by atoms with van der Waals surface area (Å²) in [6, 6.07) is 0.174. The molecule has 0 aliphatic carbocycles. The highest BCUT2D eigenvalue weighted by Crippen LogP contribution is 2.17. The Balaban J connectivity index is 2.55. The molecular weight excluding hydrogens is 178 g/mol. The van der Waals surface area contributed by atoms with Crippen LogP contribution in [0.3, 0.4) is 0 Å². The van der Waals surface area contributed by atoms with Crippen molar-refractivity contribution in [2.75, 3.05) is 27.2 Å². The van der Waals surface area contributed by atoms with Crippen molar-refractivity contribution in [3.05, 3.63) is 0 Å². The Hall–Kier alpha value is -0.610. The Morgan fingerprint density at radius 3 is 2.43 bits per heavy atom. The SMILES string of the molecule is CC1CN(C(C)C(=O)N(C)C)CC1N. The van der Waals surface area contributed by atoms with Gasteiger partial charge in [0.1, 0.15) is 0 Å². The molecule has 0 bridgehead atoms. The average molecular weight is 199 g/mol. The van der Waals surface area contributed by atoms with Gasteiger partial charge in [0.2, 0.25) is 5.91 Å². The molecule has 4 heteroatoms. The number of carbonyl (C=O) groups is 1. The third-order valence-corrected chi connectivity index (χ3v) is 3.04. The molecular formula is C10H21N3O. The van der Waals surface area contributed by atoms with E-state index in [-0.39, 0.29) is 18.0 Å². The molecule has 1 saturated heterocycles. The van der Waals surface area contributed by atoms with E-state index in [0.29, 0.717) is 5.92 Å². The van der Waals surface area contributed by atoms with E-state index >= 15 is 0 Å². The number of likely N-dealkylation sites (tertiary alicyclic amines) is 1. The number of amides is 1. The van der Waals surface area contributed by atoms with E-state index in [2.05, 4.69) is 11.8 Å². The molecule has 0 aromatic carbocycles. The first-order valence-electron chi connectivity index (χ1n) is 5.14. The maximum absolute atomic E-state index is 11.7. The van der Waals surface area contributed by atoms with Crippen LogP contribution in [-0.4, -0.2) is 55.0 Å². The van der Waals surface area contributed by atoms with Crippen LogP contribution in [0.1, 0.15) is 13.8 Å². The van der Waals surface area contributed by atoms with Crippen LogP contribution >= 0.6 is 0 Å². The van der Waals surface area contributed by atoms with Gasteiger partial charge in [-0.3, -0.25) is 9.69 Å². The number of nitrogens with two attached hydrogens (primary N) is 1. The van der Waals surface area contributed by atoms with Crippen LogP contribution in [0.15, 0.2) is 0 Å². The zero-order valence-corrected chi connectivity index (χ0v) is 9.53. The summed E-state index contributed by atoms with van der Waals surface area (Å²) in [5, 5.41) is 0. The van der Waals surface area contributed by atoms with Gasteiger partial charge in [-0.25, -0.2) is 0 Å². The molecule has 0 spiro atoms. The van der Waals surface area contributed by atoms with E-state index in [1.54, 1.807) is 19.0 Å². The molecule has 14 heavy (non-hydrogen) atoms. The summed E-state index contributed by atoms with van der Waals surface area (Å²) in [5.41, 5.74) is 5.92. The maximum Gasteiger partial charge on any atom is 0.239 e. The van der Waals surface area contributed by atoms with E-state index in [0.717, 1.165) is 13.1 Å². The van der Waals surface area contributed by atoms with E-state index in [1.165, 1.54) is 0 Å². The molecule has 1 aliphatic rings. The predicted octanol–water partition coefficient (Wildman–Crippen LogP) is -0.258. The zero-order valence-electron chi connectivity index (χ0n) is 9.53. The molecule has 0 aromatic heterocycles. The Morgan fingerprint density at radius 2 is 2.07 bits per heavy atom. The van der Waals surface area contributed by atoms with Crippen LogP contribution in [-0.2, 0) is 4.79 Å². The fourth-order valence-corrected chi connectivity index (χ4v) is 1.88. The van der Waals surface area contributed by atoms with Crippen molar-refractivity contribution >= 4 is 5.91 Å². The Labute approximate surface area is 86.0 Å². The van der Waals surface area contributed by atoms with E-state index < -0.39 is 0 Å². The highest BCUT2D eigenvalue weighted by molar-refractivity contribution is 5.80. The van der Waals surface area contributed by atoms with Gasteiger partial charge in [0, 0.05) is 33.2 Å². The Kier molecular flexibility index (Phi) is 3.50. The quantitative estimate of drug-likeness (QED) is 0.667. The lowest BCUT2D eigenvalue weighted by Gasteiger charge is -2.25. The molecule has 1 rings (SSSR count). The summed E-state index contributed by atoms with van der Waals surface area (Å²) in [6.45, 7) is 5.86. The Bertz CT molecular complexity index is 207. The van der Waals surface area contributed by atoms with E-state index in [9.17, 15) is 4.79 Å². The molecule has 0 aromatic rings. The number of rotatable bonds is 2. The third kappa shape index (κ3) is 2.25. The van der Waals surface area contributed by atoms with Gasteiger partial charge in [-0.15, -0.1) is 0 Å². The molecule has 1 amide bonds. The smallest absolute Gasteiger partial charge is 0.239 e. The topological polar surface area (TPSA) is 49.6 Å². The van der Waals surface area contributed by atoms with Crippen LogP contribution < -0.4 is 5.73 Å². The summed E-state index contributed by atoms with van der Waals surface area (Å²) in [6.07, 6.45) is 0. The van der Waals surface area contributed by atoms with E-state index in [1.807, 2.05) is 6.92 Å². The monoisotopic (exact) mass is 199 g/mol. The number of hydrogen-bond acceptors (Lipinski definition) is 3. The van der Waals surface area contributed by atoms with Crippen LogP contribution in [0.2, 0.25) is 0 Å². The lowest BCUT2D eigenvalue weighted by Crippen LogP contribution is -2.44. The molecule has 1 fully saturated rings. The molecule has 1 aliphatic heterocycles. The van der Waals surface area contributed by atoms with Gasteiger partial charge in [-0.05, 0) is 12.8 Å². The average Bonchev–Trinajstić information content (AvgIpc) is 2.44. The fourth-order valence-electron chi connectivity index (χ4n) is 1.88. The fraction of sp³-hybridized carbons (Fsp3) is 0.900. The lowest BCUT2D eigenvalue weighted by molar-refractivity contribution is -0.133. The highest BCUT2D eigenvalue weighted by Gasteiger charge is 2.32. The molecule has 0 radical (unpaired) electrons. The first-order chi connectivity index (χ1) is 6.43. The second-order valence-corrected chi connectivity index (χ2v) is 4.50. The second-order valence-electron chi connectivity index (χ2n) is 4.50. The van der Waals surface area contributed by atoms with Crippen LogP contribution in [0, 0.1) is 5.92 Å². The van der Waals surface area contributed by atoms with Gasteiger partial charge in [0.05, 0.1) is 6.04 Å². The normalized spacial score (nSPS) is 30.4. The second kappa shape index (κ2) is 4.28.